The number of nitrogens with zero attached hydrogens (tertiary/aromatic N) is 4. The summed E-state index contributed by atoms with van der Waals surface area (Å²) in [6.45, 7) is 2.04. The van der Waals surface area contributed by atoms with Crippen LogP contribution in [0.5, 0.6) is 0 Å². The maximum absolute atomic E-state index is 13.7. The van der Waals surface area contributed by atoms with E-state index < -0.39 is 0 Å². The maximum Gasteiger partial charge on any atom is 0.139 e. The van der Waals surface area contributed by atoms with Crippen LogP contribution in [-0.4, -0.2) is 27.0 Å². The Bertz CT molecular complexity index is 1490. The lowest BCUT2D eigenvalue weighted by Crippen LogP contribution is -2.02. The maximum atomic E-state index is 13.7. The van der Waals surface area contributed by atoms with Crippen molar-refractivity contribution in [1.29, 1.82) is 0 Å². The van der Waals surface area contributed by atoms with Gasteiger partial charge in [0.2, 0.25) is 0 Å². The van der Waals surface area contributed by atoms with E-state index in [1.54, 1.807) is 24.5 Å². The number of halogens is 1. The molecule has 3 N–H and O–H groups in total. The normalized spacial score (nSPS) is 10.8. The summed E-state index contributed by atoms with van der Waals surface area (Å²) >= 11 is 0. The molecule has 0 aliphatic rings. The third-order valence-corrected chi connectivity index (χ3v) is 5.49. The molecular weight excluding hydrogens is 429 g/mol. The molecule has 0 spiro atoms. The Morgan fingerprint density at radius 2 is 1.65 bits per heavy atom. The molecule has 0 fully saturated rings. The van der Waals surface area contributed by atoms with E-state index in [2.05, 4.69) is 35.9 Å². The molecule has 0 radical (unpaired) electrons. The van der Waals surface area contributed by atoms with E-state index in [4.69, 9.17) is 0 Å². The molecule has 7 nitrogen and oxygen atoms in total. The average Bonchev–Trinajstić information content (AvgIpc) is 2.86. The van der Waals surface area contributed by atoms with E-state index >= 15 is 0 Å². The molecular formula is C26H22FN7. The van der Waals surface area contributed by atoms with Crippen molar-refractivity contribution in [1.82, 2.24) is 19.9 Å². The third-order valence-electron chi connectivity index (χ3n) is 5.49. The Morgan fingerprint density at radius 1 is 0.765 bits per heavy atom. The molecule has 0 aliphatic carbocycles. The van der Waals surface area contributed by atoms with Crippen LogP contribution in [0.3, 0.4) is 0 Å². The highest BCUT2D eigenvalue weighted by Crippen LogP contribution is 2.35. The fraction of sp³-hybridized carbons (Fsp3) is 0.0769. The Morgan fingerprint density at radius 3 is 2.50 bits per heavy atom. The van der Waals surface area contributed by atoms with Crippen LogP contribution in [0.4, 0.5) is 33.2 Å². The number of nitrogens with one attached hydrogen (secondary N) is 3. The minimum atomic E-state index is -0.308. The highest BCUT2D eigenvalue weighted by molar-refractivity contribution is 6.03. The van der Waals surface area contributed by atoms with Crippen molar-refractivity contribution in [3.63, 3.8) is 0 Å². The Kier molecular flexibility index (Phi) is 5.70. The topological polar surface area (TPSA) is 87.7 Å². The summed E-state index contributed by atoms with van der Waals surface area (Å²) in [4.78, 5) is 17.7. The zero-order valence-corrected chi connectivity index (χ0v) is 18.7. The van der Waals surface area contributed by atoms with Crippen LogP contribution in [0.2, 0.25) is 0 Å². The van der Waals surface area contributed by atoms with Crippen molar-refractivity contribution >= 4 is 39.6 Å². The number of fused-ring (bicyclic) bond motifs is 1. The van der Waals surface area contributed by atoms with Crippen molar-refractivity contribution in [3.8, 4) is 11.3 Å². The van der Waals surface area contributed by atoms with E-state index in [9.17, 15) is 4.39 Å². The van der Waals surface area contributed by atoms with E-state index in [0.717, 1.165) is 39.1 Å². The summed E-state index contributed by atoms with van der Waals surface area (Å²) in [5, 5.41) is 11.6. The van der Waals surface area contributed by atoms with Gasteiger partial charge in [-0.05, 0) is 48.9 Å². The molecule has 3 heterocycles. The van der Waals surface area contributed by atoms with Crippen LogP contribution in [-0.2, 0) is 0 Å². The first-order valence-corrected chi connectivity index (χ1v) is 10.8. The number of hydrogen-bond acceptors (Lipinski definition) is 7. The minimum Gasteiger partial charge on any atom is -0.373 e. The minimum absolute atomic E-state index is 0.308. The van der Waals surface area contributed by atoms with Gasteiger partial charge >= 0.3 is 0 Å². The quantitative estimate of drug-likeness (QED) is 0.289. The van der Waals surface area contributed by atoms with Gasteiger partial charge in [-0.1, -0.05) is 18.2 Å². The highest BCUT2D eigenvalue weighted by atomic mass is 19.1. The molecule has 8 heteroatoms. The lowest BCUT2D eigenvalue weighted by molar-refractivity contribution is 0.628. The van der Waals surface area contributed by atoms with Gasteiger partial charge in [-0.15, -0.1) is 0 Å². The van der Waals surface area contributed by atoms with Crippen molar-refractivity contribution in [2.45, 2.75) is 6.92 Å². The summed E-state index contributed by atoms with van der Waals surface area (Å²) in [5.74, 6) is 1.73. The fourth-order valence-electron chi connectivity index (χ4n) is 3.80. The molecule has 5 rings (SSSR count). The van der Waals surface area contributed by atoms with Gasteiger partial charge in [-0.25, -0.2) is 24.3 Å². The fourth-order valence-corrected chi connectivity index (χ4v) is 3.80. The van der Waals surface area contributed by atoms with Gasteiger partial charge in [0.15, 0.2) is 0 Å². The lowest BCUT2D eigenvalue weighted by atomic mass is 10.0. The predicted octanol–water partition coefficient (Wildman–Crippen LogP) is 6.06. The Labute approximate surface area is 196 Å². The molecule has 0 unspecified atom stereocenters. The summed E-state index contributed by atoms with van der Waals surface area (Å²) in [7, 11) is 1.82. The molecule has 5 aromatic rings. The van der Waals surface area contributed by atoms with Gasteiger partial charge in [-0.3, -0.25) is 0 Å². The second kappa shape index (κ2) is 9.11. The van der Waals surface area contributed by atoms with Crippen LogP contribution in [0.15, 0.2) is 79.4 Å². The van der Waals surface area contributed by atoms with Crippen LogP contribution in [0.25, 0.3) is 22.0 Å². The first kappa shape index (κ1) is 21.3. The summed E-state index contributed by atoms with van der Waals surface area (Å²) < 4.78 is 13.7. The van der Waals surface area contributed by atoms with Crippen molar-refractivity contribution < 1.29 is 4.39 Å². The standard InChI is InChI=1S/C26H22FN7/c1-16-8-9-20-19(10-12-30-25(20)33-18-6-3-5-17(27)13-18)24(16)34-26-21(7-4-11-29-26)22-14-23(28-2)32-15-31-22/h3-15H,1-2H3,(H,29,34)(H,30,33)(H,28,31,32). The summed E-state index contributed by atoms with van der Waals surface area (Å²) in [6, 6.07) is 18.0. The van der Waals surface area contributed by atoms with Crippen molar-refractivity contribution in [2.24, 2.45) is 0 Å². The molecule has 0 atom stereocenters. The zero-order chi connectivity index (χ0) is 23.5. The van der Waals surface area contributed by atoms with Gasteiger partial charge in [0, 0.05) is 47.5 Å². The number of hydrogen-bond donors (Lipinski definition) is 3. The van der Waals surface area contributed by atoms with E-state index in [-0.39, 0.29) is 5.82 Å². The van der Waals surface area contributed by atoms with Crippen molar-refractivity contribution in [3.05, 3.63) is 90.8 Å². The number of rotatable bonds is 6. The number of anilines is 5. The van der Waals surface area contributed by atoms with Gasteiger partial charge in [0.05, 0.1) is 11.4 Å². The Hall–Kier alpha value is -4.59. The number of benzene rings is 2. The molecule has 0 aliphatic heterocycles. The monoisotopic (exact) mass is 451 g/mol. The van der Waals surface area contributed by atoms with E-state index in [1.165, 1.54) is 18.5 Å². The molecule has 0 bridgehead atoms. The Balaban J connectivity index is 1.57. The van der Waals surface area contributed by atoms with Crippen LogP contribution < -0.4 is 16.0 Å². The van der Waals surface area contributed by atoms with E-state index in [1.807, 2.05) is 50.4 Å². The molecule has 2 aromatic carbocycles. The predicted molar refractivity (Wildman–Crippen MR) is 134 cm³/mol. The number of aromatic nitrogens is 4. The van der Waals surface area contributed by atoms with Crippen molar-refractivity contribution in [2.75, 3.05) is 23.0 Å². The first-order valence-electron chi connectivity index (χ1n) is 10.8. The summed E-state index contributed by atoms with van der Waals surface area (Å²) in [5.41, 5.74) is 4.19. The van der Waals surface area contributed by atoms with Gasteiger partial charge in [0.25, 0.3) is 0 Å². The first-order chi connectivity index (χ1) is 16.6. The zero-order valence-electron chi connectivity index (χ0n) is 18.7. The second-order valence-electron chi connectivity index (χ2n) is 7.71. The smallest absolute Gasteiger partial charge is 0.139 e. The average molecular weight is 452 g/mol. The largest absolute Gasteiger partial charge is 0.373 e. The molecule has 168 valence electrons. The molecule has 0 amide bonds. The SMILES string of the molecule is CNc1cc(-c2cccnc2Nc2c(C)ccc3c(Nc4cccc(F)c4)nccc23)ncn1. The van der Waals surface area contributed by atoms with Gasteiger partial charge < -0.3 is 16.0 Å². The van der Waals surface area contributed by atoms with Crippen LogP contribution in [0.1, 0.15) is 5.56 Å². The molecule has 0 saturated carbocycles. The molecule has 3 aromatic heterocycles. The molecule has 34 heavy (non-hydrogen) atoms. The number of pyridine rings is 2. The van der Waals surface area contributed by atoms with Crippen LogP contribution in [0, 0.1) is 12.7 Å². The van der Waals surface area contributed by atoms with Gasteiger partial charge in [0.1, 0.15) is 29.6 Å². The summed E-state index contributed by atoms with van der Waals surface area (Å²) in [6.07, 6.45) is 5.00. The lowest BCUT2D eigenvalue weighted by Gasteiger charge is -2.17. The number of aryl methyl sites for hydroxylation is 1. The second-order valence-corrected chi connectivity index (χ2v) is 7.71. The van der Waals surface area contributed by atoms with Gasteiger partial charge in [-0.2, -0.15) is 0 Å². The third kappa shape index (κ3) is 4.21. The highest BCUT2D eigenvalue weighted by Gasteiger charge is 2.14. The van der Waals surface area contributed by atoms with E-state index in [0.29, 0.717) is 17.3 Å². The van der Waals surface area contributed by atoms with Crippen LogP contribution >= 0.6 is 0 Å². The molecule has 0 saturated heterocycles.